The Hall–Kier alpha value is -1.29. The van der Waals surface area contributed by atoms with Gasteiger partial charge in [0.25, 0.3) is 0 Å². The van der Waals surface area contributed by atoms with Crippen molar-refractivity contribution in [3.05, 3.63) is 23.2 Å². The normalized spacial score (nSPS) is 11.5. The quantitative estimate of drug-likeness (QED) is 0.758. The van der Waals surface area contributed by atoms with Gasteiger partial charge >= 0.3 is 5.97 Å². The highest BCUT2D eigenvalue weighted by molar-refractivity contribution is 5.88. The van der Waals surface area contributed by atoms with E-state index >= 15 is 0 Å². The molecule has 2 N–H and O–H groups in total. The molecule has 0 saturated heterocycles. The molecule has 0 fully saturated rings. The molecule has 0 aliphatic rings. The molecule has 84 valence electrons. The van der Waals surface area contributed by atoms with Crippen molar-refractivity contribution in [2.75, 3.05) is 7.11 Å². The van der Waals surface area contributed by atoms with E-state index in [0.29, 0.717) is 5.56 Å². The van der Waals surface area contributed by atoms with E-state index in [4.69, 9.17) is 10.2 Å². The lowest BCUT2D eigenvalue weighted by Crippen LogP contribution is -2.09. The van der Waals surface area contributed by atoms with E-state index < -0.39 is 5.97 Å². The van der Waals surface area contributed by atoms with Crippen LogP contribution in [0.15, 0.2) is 10.5 Å². The Bertz CT molecular complexity index is 360. The topological polar surface area (TPSA) is 65.5 Å². The molecule has 1 aromatic heterocycles. The SMILES string of the molecule is COC(=O)c1oc(C(C)(C)C)cc1CN. The Kier molecular flexibility index (Phi) is 3.19. The average molecular weight is 211 g/mol. The van der Waals surface area contributed by atoms with Gasteiger partial charge in [-0.15, -0.1) is 0 Å². The molecule has 0 aliphatic heterocycles. The molecule has 0 spiro atoms. The minimum absolute atomic E-state index is 0.143. The highest BCUT2D eigenvalue weighted by Crippen LogP contribution is 2.27. The van der Waals surface area contributed by atoms with Crippen LogP contribution in [0.4, 0.5) is 0 Å². The Balaban J connectivity index is 3.17. The Morgan fingerprint density at radius 1 is 1.53 bits per heavy atom. The zero-order chi connectivity index (χ0) is 11.6. The van der Waals surface area contributed by atoms with Crippen LogP contribution < -0.4 is 5.73 Å². The predicted octanol–water partition coefficient (Wildman–Crippen LogP) is 1.82. The molecule has 0 atom stereocenters. The van der Waals surface area contributed by atoms with E-state index in [1.165, 1.54) is 7.11 Å². The summed E-state index contributed by atoms with van der Waals surface area (Å²) in [6, 6.07) is 1.81. The van der Waals surface area contributed by atoms with Crippen molar-refractivity contribution in [1.82, 2.24) is 0 Å². The molecule has 15 heavy (non-hydrogen) atoms. The third-order valence-electron chi connectivity index (χ3n) is 2.14. The summed E-state index contributed by atoms with van der Waals surface area (Å²) in [6.07, 6.45) is 0. The molecule has 1 rings (SSSR count). The van der Waals surface area contributed by atoms with Gasteiger partial charge in [-0.1, -0.05) is 20.8 Å². The van der Waals surface area contributed by atoms with Crippen molar-refractivity contribution >= 4 is 5.97 Å². The highest BCUT2D eigenvalue weighted by atomic mass is 16.5. The van der Waals surface area contributed by atoms with Crippen molar-refractivity contribution in [3.63, 3.8) is 0 Å². The number of esters is 1. The van der Waals surface area contributed by atoms with Crippen LogP contribution in [0.1, 0.15) is 42.6 Å². The molecule has 0 saturated carbocycles. The van der Waals surface area contributed by atoms with Crippen LogP contribution in [0.3, 0.4) is 0 Å². The van der Waals surface area contributed by atoms with Crippen LogP contribution in [0.2, 0.25) is 0 Å². The molecule has 4 nitrogen and oxygen atoms in total. The summed E-state index contributed by atoms with van der Waals surface area (Å²) in [5.74, 6) is 0.472. The highest BCUT2D eigenvalue weighted by Gasteiger charge is 2.24. The van der Waals surface area contributed by atoms with E-state index in [0.717, 1.165) is 5.76 Å². The first-order valence-corrected chi connectivity index (χ1v) is 4.81. The number of carbonyl (C=O) groups is 1. The summed E-state index contributed by atoms with van der Waals surface area (Å²) in [7, 11) is 1.32. The Morgan fingerprint density at radius 2 is 2.13 bits per heavy atom. The lowest BCUT2D eigenvalue weighted by atomic mass is 9.93. The molecule has 0 unspecified atom stereocenters. The fourth-order valence-corrected chi connectivity index (χ4v) is 1.22. The first-order chi connectivity index (χ1) is 6.90. The molecular weight excluding hydrogens is 194 g/mol. The molecule has 0 bridgehead atoms. The second kappa shape index (κ2) is 4.06. The van der Waals surface area contributed by atoms with Gasteiger partial charge in [0.1, 0.15) is 5.76 Å². The molecule has 1 aromatic rings. The third kappa shape index (κ3) is 2.39. The second-order valence-corrected chi connectivity index (χ2v) is 4.41. The zero-order valence-electron chi connectivity index (χ0n) is 9.59. The van der Waals surface area contributed by atoms with Gasteiger partial charge in [0, 0.05) is 17.5 Å². The minimum Gasteiger partial charge on any atom is -0.463 e. The van der Waals surface area contributed by atoms with Gasteiger partial charge < -0.3 is 14.9 Å². The van der Waals surface area contributed by atoms with Crippen molar-refractivity contribution in [2.45, 2.75) is 32.7 Å². The fraction of sp³-hybridized carbons (Fsp3) is 0.545. The zero-order valence-corrected chi connectivity index (χ0v) is 9.59. The summed E-state index contributed by atoms with van der Waals surface area (Å²) in [5.41, 5.74) is 6.08. The molecule has 0 aliphatic carbocycles. The van der Waals surface area contributed by atoms with E-state index in [-0.39, 0.29) is 17.7 Å². The summed E-state index contributed by atoms with van der Waals surface area (Å²) in [6.45, 7) is 6.29. The summed E-state index contributed by atoms with van der Waals surface area (Å²) in [5, 5.41) is 0. The van der Waals surface area contributed by atoms with Crippen LogP contribution >= 0.6 is 0 Å². The monoisotopic (exact) mass is 211 g/mol. The lowest BCUT2D eigenvalue weighted by Gasteiger charge is -2.13. The maximum Gasteiger partial charge on any atom is 0.374 e. The first-order valence-electron chi connectivity index (χ1n) is 4.81. The number of furan rings is 1. The minimum atomic E-state index is -0.481. The van der Waals surface area contributed by atoms with E-state index in [1.807, 2.05) is 26.8 Å². The van der Waals surface area contributed by atoms with Crippen LogP contribution in [-0.2, 0) is 16.7 Å². The predicted molar refractivity (Wildman–Crippen MR) is 56.6 cm³/mol. The third-order valence-corrected chi connectivity index (χ3v) is 2.14. The molecule has 1 heterocycles. The number of carbonyl (C=O) groups excluding carboxylic acids is 1. The molecule has 0 radical (unpaired) electrons. The number of hydrogen-bond acceptors (Lipinski definition) is 4. The Labute approximate surface area is 89.4 Å². The maximum absolute atomic E-state index is 11.4. The second-order valence-electron chi connectivity index (χ2n) is 4.41. The summed E-state index contributed by atoms with van der Waals surface area (Å²) >= 11 is 0. The molecule has 0 amide bonds. The van der Waals surface area contributed by atoms with Crippen LogP contribution in [0, 0.1) is 0 Å². The molecule has 0 aromatic carbocycles. The maximum atomic E-state index is 11.4. The van der Waals surface area contributed by atoms with Crippen molar-refractivity contribution in [2.24, 2.45) is 5.73 Å². The lowest BCUT2D eigenvalue weighted by molar-refractivity contribution is 0.0559. The van der Waals surface area contributed by atoms with Gasteiger partial charge in [0.2, 0.25) is 5.76 Å². The van der Waals surface area contributed by atoms with Crippen LogP contribution in [-0.4, -0.2) is 13.1 Å². The van der Waals surface area contributed by atoms with Gasteiger partial charge in [-0.3, -0.25) is 0 Å². The van der Waals surface area contributed by atoms with E-state index in [2.05, 4.69) is 4.74 Å². The Morgan fingerprint density at radius 3 is 2.53 bits per heavy atom. The number of nitrogens with two attached hydrogens (primary N) is 1. The number of hydrogen-bond donors (Lipinski definition) is 1. The van der Waals surface area contributed by atoms with Crippen LogP contribution in [0.25, 0.3) is 0 Å². The average Bonchev–Trinajstić information content (AvgIpc) is 2.59. The standard InChI is InChI=1S/C11H17NO3/c1-11(2,3)8-5-7(6-12)9(15-8)10(13)14-4/h5H,6,12H2,1-4H3. The number of ether oxygens (including phenoxy) is 1. The number of methoxy groups -OCH3 is 1. The first kappa shape index (κ1) is 11.8. The summed E-state index contributed by atoms with van der Waals surface area (Å²) in [4.78, 5) is 11.4. The van der Waals surface area contributed by atoms with Crippen molar-refractivity contribution < 1.29 is 13.9 Å². The smallest absolute Gasteiger partial charge is 0.374 e. The van der Waals surface area contributed by atoms with Crippen LogP contribution in [0.5, 0.6) is 0 Å². The van der Waals surface area contributed by atoms with E-state index in [9.17, 15) is 4.79 Å². The van der Waals surface area contributed by atoms with Gasteiger partial charge in [-0.25, -0.2) is 4.79 Å². The summed E-state index contributed by atoms with van der Waals surface area (Å²) < 4.78 is 10.1. The van der Waals surface area contributed by atoms with Gasteiger partial charge in [-0.05, 0) is 6.07 Å². The van der Waals surface area contributed by atoms with Crippen molar-refractivity contribution in [3.8, 4) is 0 Å². The van der Waals surface area contributed by atoms with E-state index in [1.54, 1.807) is 0 Å². The van der Waals surface area contributed by atoms with Crippen molar-refractivity contribution in [1.29, 1.82) is 0 Å². The number of rotatable bonds is 2. The van der Waals surface area contributed by atoms with Gasteiger partial charge in [0.15, 0.2) is 0 Å². The largest absolute Gasteiger partial charge is 0.463 e. The fourth-order valence-electron chi connectivity index (χ4n) is 1.22. The van der Waals surface area contributed by atoms with Gasteiger partial charge in [0.05, 0.1) is 7.11 Å². The van der Waals surface area contributed by atoms with Gasteiger partial charge in [-0.2, -0.15) is 0 Å². The molecule has 4 heteroatoms. The molecular formula is C11H17NO3.